The van der Waals surface area contributed by atoms with Crippen molar-refractivity contribution in [1.29, 1.82) is 0 Å². The zero-order valence-corrected chi connectivity index (χ0v) is 25.0. The minimum Gasteiger partial charge on any atom is -0.478 e. The molecule has 0 bridgehead atoms. The molecule has 0 saturated carbocycles. The van der Waals surface area contributed by atoms with Crippen molar-refractivity contribution in [1.82, 2.24) is 14.9 Å². The van der Waals surface area contributed by atoms with E-state index in [-0.39, 0.29) is 18.8 Å². The molecular weight excluding hydrogens is 586 g/mol. The van der Waals surface area contributed by atoms with Gasteiger partial charge >= 0.3 is 5.97 Å². The predicted octanol–water partition coefficient (Wildman–Crippen LogP) is 3.87. The molecule has 3 aromatic carbocycles. The van der Waals surface area contributed by atoms with Gasteiger partial charge in [0.15, 0.2) is 6.10 Å². The molecule has 44 heavy (non-hydrogen) atoms. The summed E-state index contributed by atoms with van der Waals surface area (Å²) in [5, 5.41) is 4.71. The smallest absolute Gasteiger partial charge is 0.329 e. The first-order valence-electron chi connectivity index (χ1n) is 14.2. The fourth-order valence-corrected chi connectivity index (χ4v) is 5.53. The predicted molar refractivity (Wildman–Crippen MR) is 164 cm³/mol. The molecule has 13 heteroatoms. The molecule has 0 aliphatic carbocycles. The summed E-state index contributed by atoms with van der Waals surface area (Å²) in [6.45, 7) is 3.25. The second kappa shape index (κ2) is 13.3. The maximum absolute atomic E-state index is 13.1. The van der Waals surface area contributed by atoms with Crippen LogP contribution in [0.5, 0.6) is 5.75 Å². The van der Waals surface area contributed by atoms with Crippen LogP contribution < -0.4 is 20.3 Å². The SMILES string of the molecule is CCC(C)S(=O)(=O)NOC(=O)C(Cc1ccccc1)Cc1ccc2c(c1)NC(=O)[C@H](CC(=O)Nc1nc3ccccc3[nH]1)O2. The summed E-state index contributed by atoms with van der Waals surface area (Å²) in [5.41, 5.74) is 3.43. The van der Waals surface area contributed by atoms with Crippen molar-refractivity contribution in [2.24, 2.45) is 5.92 Å². The summed E-state index contributed by atoms with van der Waals surface area (Å²) < 4.78 is 30.5. The number of hydrogen-bond donors (Lipinski definition) is 4. The van der Waals surface area contributed by atoms with E-state index < -0.39 is 45.1 Å². The van der Waals surface area contributed by atoms with Crippen molar-refractivity contribution in [3.63, 3.8) is 0 Å². The quantitative estimate of drug-likeness (QED) is 0.173. The molecule has 4 N–H and O–H groups in total. The number of benzene rings is 3. The molecule has 1 aromatic heterocycles. The van der Waals surface area contributed by atoms with Crippen LogP contribution in [0.2, 0.25) is 0 Å². The standard InChI is InChI=1S/C31H33N5O7S/c1-3-19(2)44(40,41)36-43-30(39)22(15-20-9-5-4-6-10-20)16-21-13-14-26-25(17-21)32-29(38)27(42-26)18-28(37)35-31-33-23-11-7-8-12-24(23)34-31/h4-14,17,19,22,27,36H,3,15-16,18H2,1-2H3,(H,32,38)(H2,33,34,35,37)/t19?,22?,27-/m0/s1. The van der Waals surface area contributed by atoms with Gasteiger partial charge in [-0.15, -0.1) is 0 Å². The molecule has 4 aromatic rings. The van der Waals surface area contributed by atoms with E-state index in [0.29, 0.717) is 35.4 Å². The zero-order chi connectivity index (χ0) is 31.3. The number of para-hydroxylation sites is 2. The second-order valence-corrected chi connectivity index (χ2v) is 12.7. The minimum absolute atomic E-state index is 0.200. The van der Waals surface area contributed by atoms with E-state index in [1.165, 1.54) is 6.92 Å². The Hall–Kier alpha value is -4.75. The van der Waals surface area contributed by atoms with Crippen LogP contribution in [-0.2, 0) is 42.1 Å². The van der Waals surface area contributed by atoms with E-state index in [1.807, 2.05) is 59.5 Å². The van der Waals surface area contributed by atoms with Crippen molar-refractivity contribution in [2.75, 3.05) is 10.6 Å². The number of sulfonamides is 1. The lowest BCUT2D eigenvalue weighted by Crippen LogP contribution is -2.39. The van der Waals surface area contributed by atoms with Crippen LogP contribution in [0.3, 0.4) is 0 Å². The Morgan fingerprint density at radius 3 is 2.50 bits per heavy atom. The Morgan fingerprint density at radius 2 is 1.75 bits per heavy atom. The molecule has 0 fully saturated rings. The third kappa shape index (κ3) is 7.41. The van der Waals surface area contributed by atoms with Crippen LogP contribution in [0.15, 0.2) is 72.8 Å². The highest BCUT2D eigenvalue weighted by Crippen LogP contribution is 2.32. The summed E-state index contributed by atoms with van der Waals surface area (Å²) in [7, 11) is -3.83. The van der Waals surface area contributed by atoms with Crippen molar-refractivity contribution in [3.8, 4) is 5.75 Å². The Labute approximate surface area is 254 Å². The molecule has 3 atom stereocenters. The minimum atomic E-state index is -3.83. The Balaban J connectivity index is 1.25. The Morgan fingerprint density at radius 1 is 1.02 bits per heavy atom. The van der Waals surface area contributed by atoms with E-state index >= 15 is 0 Å². The molecule has 2 amide bonds. The van der Waals surface area contributed by atoms with Crippen LogP contribution in [0, 0.1) is 5.92 Å². The number of anilines is 2. The largest absolute Gasteiger partial charge is 0.478 e. The van der Waals surface area contributed by atoms with Gasteiger partial charge in [-0.2, -0.15) is 0 Å². The molecular formula is C31H33N5O7S. The topological polar surface area (TPSA) is 169 Å². The molecule has 2 heterocycles. The van der Waals surface area contributed by atoms with Gasteiger partial charge in [0.25, 0.3) is 5.91 Å². The van der Waals surface area contributed by atoms with Gasteiger partial charge in [0.1, 0.15) is 5.75 Å². The maximum Gasteiger partial charge on any atom is 0.329 e. The molecule has 0 radical (unpaired) electrons. The Kier molecular flexibility index (Phi) is 9.26. The van der Waals surface area contributed by atoms with Crippen LogP contribution >= 0.6 is 0 Å². The number of fused-ring (bicyclic) bond motifs is 2. The highest BCUT2D eigenvalue weighted by atomic mass is 32.2. The monoisotopic (exact) mass is 619 g/mol. The van der Waals surface area contributed by atoms with Gasteiger partial charge in [0.05, 0.1) is 34.3 Å². The number of ether oxygens (including phenoxy) is 1. The van der Waals surface area contributed by atoms with Gasteiger partial charge in [-0.1, -0.05) is 55.5 Å². The van der Waals surface area contributed by atoms with Crippen LogP contribution in [0.4, 0.5) is 11.6 Å². The number of aromatic nitrogens is 2. The van der Waals surface area contributed by atoms with Crippen LogP contribution in [0.25, 0.3) is 11.0 Å². The van der Waals surface area contributed by atoms with E-state index in [1.54, 1.807) is 25.1 Å². The molecule has 2 unspecified atom stereocenters. The number of amides is 2. The van der Waals surface area contributed by atoms with Crippen LogP contribution in [0.1, 0.15) is 37.8 Å². The number of carbonyl (C=O) groups excluding carboxylic acids is 3. The van der Waals surface area contributed by atoms with Crippen LogP contribution in [-0.4, -0.2) is 47.5 Å². The summed E-state index contributed by atoms with van der Waals surface area (Å²) >= 11 is 0. The Bertz CT molecular complexity index is 1740. The summed E-state index contributed by atoms with van der Waals surface area (Å²) in [4.78, 5) is 52.9. The van der Waals surface area contributed by atoms with Crippen molar-refractivity contribution >= 4 is 50.5 Å². The maximum atomic E-state index is 13.1. The highest BCUT2D eigenvalue weighted by Gasteiger charge is 2.31. The fraction of sp³-hybridized carbons (Fsp3) is 0.290. The molecule has 230 valence electrons. The molecule has 1 aliphatic rings. The van der Waals surface area contributed by atoms with Crippen molar-refractivity contribution in [3.05, 3.63) is 83.9 Å². The third-order valence-corrected chi connectivity index (χ3v) is 9.09. The number of nitrogens with zero attached hydrogens (tertiary/aromatic N) is 1. The van der Waals surface area contributed by atoms with E-state index in [9.17, 15) is 22.8 Å². The number of imidazole rings is 1. The lowest BCUT2D eigenvalue weighted by atomic mass is 9.92. The van der Waals surface area contributed by atoms with Gasteiger partial charge in [0, 0.05) is 0 Å². The van der Waals surface area contributed by atoms with Gasteiger partial charge in [0.2, 0.25) is 21.9 Å². The first-order valence-corrected chi connectivity index (χ1v) is 15.8. The third-order valence-electron chi connectivity index (χ3n) is 7.38. The van der Waals surface area contributed by atoms with Gasteiger partial charge in [-0.3, -0.25) is 14.9 Å². The molecule has 1 aliphatic heterocycles. The average Bonchev–Trinajstić information content (AvgIpc) is 3.42. The lowest BCUT2D eigenvalue weighted by molar-refractivity contribution is -0.152. The number of rotatable bonds is 12. The van der Waals surface area contributed by atoms with Gasteiger partial charge in [-0.05, 0) is 66.5 Å². The second-order valence-electron chi connectivity index (χ2n) is 10.6. The number of H-pyrrole nitrogens is 1. The highest BCUT2D eigenvalue weighted by molar-refractivity contribution is 7.89. The molecule has 5 rings (SSSR count). The zero-order valence-electron chi connectivity index (χ0n) is 24.2. The van der Waals surface area contributed by atoms with Gasteiger partial charge in [-0.25, -0.2) is 18.2 Å². The lowest BCUT2D eigenvalue weighted by Gasteiger charge is -2.26. The number of carbonyl (C=O) groups is 3. The molecule has 12 nitrogen and oxygen atoms in total. The van der Waals surface area contributed by atoms with E-state index in [0.717, 1.165) is 11.1 Å². The van der Waals surface area contributed by atoms with Crippen molar-refractivity contribution in [2.45, 2.75) is 50.9 Å². The fourth-order valence-electron chi connectivity index (χ4n) is 4.73. The summed E-state index contributed by atoms with van der Waals surface area (Å²) in [6.07, 6.45) is -0.437. The van der Waals surface area contributed by atoms with Crippen molar-refractivity contribution < 1.29 is 32.4 Å². The number of aromatic amines is 1. The molecule has 0 spiro atoms. The molecule has 0 saturated heterocycles. The summed E-state index contributed by atoms with van der Waals surface area (Å²) in [5.74, 6) is -1.75. The van der Waals surface area contributed by atoms with E-state index in [2.05, 4.69) is 20.6 Å². The normalized spacial score (nSPS) is 15.9. The first-order chi connectivity index (χ1) is 21.1. The summed E-state index contributed by atoms with van der Waals surface area (Å²) in [6, 6.07) is 21.7. The number of hydrogen-bond acceptors (Lipinski definition) is 8. The van der Waals surface area contributed by atoms with Gasteiger partial charge < -0.3 is 19.9 Å². The first kappa shape index (κ1) is 30.7. The number of nitrogens with one attached hydrogen (secondary N) is 4. The van der Waals surface area contributed by atoms with E-state index in [4.69, 9.17) is 9.57 Å². The average molecular weight is 620 g/mol.